The Kier molecular flexibility index (Phi) is 9.08. The van der Waals surface area contributed by atoms with E-state index < -0.39 is 17.6 Å². The molecule has 0 saturated heterocycles. The van der Waals surface area contributed by atoms with E-state index in [2.05, 4.69) is 0 Å². The van der Waals surface area contributed by atoms with Crippen molar-refractivity contribution in [2.75, 3.05) is 33.4 Å². The van der Waals surface area contributed by atoms with Gasteiger partial charge in [0, 0.05) is 25.8 Å². The zero-order chi connectivity index (χ0) is 25.3. The molecule has 0 atom stereocenters. The Bertz CT molecular complexity index is 1070. The maximum atomic E-state index is 13.3. The first-order chi connectivity index (χ1) is 16.8. The van der Waals surface area contributed by atoms with E-state index in [1.165, 1.54) is 18.3 Å². The molecule has 1 aromatic heterocycles. The maximum Gasteiger partial charge on any atom is 0.416 e. The van der Waals surface area contributed by atoms with Crippen molar-refractivity contribution in [3.05, 3.63) is 95.4 Å². The number of hydrogen-bond donors (Lipinski definition) is 0. The summed E-state index contributed by atoms with van der Waals surface area (Å²) in [5, 5.41) is 0. The second kappa shape index (κ2) is 12.2. The fourth-order valence-electron chi connectivity index (χ4n) is 3.49. The fourth-order valence-corrected chi connectivity index (χ4v) is 3.49. The molecule has 0 fully saturated rings. The molecule has 0 unspecified atom stereocenters. The number of benzene rings is 2. The third kappa shape index (κ3) is 7.71. The lowest BCUT2D eigenvalue weighted by molar-refractivity contribution is -0.137. The minimum atomic E-state index is -4.50. The van der Waals surface area contributed by atoms with Crippen molar-refractivity contribution in [1.82, 2.24) is 9.80 Å². The number of halogens is 3. The molecule has 186 valence electrons. The van der Waals surface area contributed by atoms with Gasteiger partial charge in [0.2, 0.25) is 5.91 Å². The SMILES string of the molecule is COCCN(CC(=O)N(CCc1ccccc1)Cc1ccco1)C(=O)c1ccc(C(F)(F)F)cc1. The molecular weight excluding hydrogens is 461 g/mol. The van der Waals surface area contributed by atoms with E-state index >= 15 is 0 Å². The summed E-state index contributed by atoms with van der Waals surface area (Å²) in [6, 6.07) is 17.1. The van der Waals surface area contributed by atoms with Crippen LogP contribution in [0.5, 0.6) is 0 Å². The normalized spacial score (nSPS) is 11.3. The van der Waals surface area contributed by atoms with E-state index in [0.717, 1.165) is 29.8 Å². The van der Waals surface area contributed by atoms with E-state index in [9.17, 15) is 22.8 Å². The number of hydrogen-bond acceptors (Lipinski definition) is 4. The maximum absolute atomic E-state index is 13.3. The number of rotatable bonds is 11. The van der Waals surface area contributed by atoms with Crippen molar-refractivity contribution in [1.29, 1.82) is 0 Å². The molecule has 0 bridgehead atoms. The van der Waals surface area contributed by atoms with Crippen molar-refractivity contribution in [2.45, 2.75) is 19.1 Å². The predicted molar refractivity (Wildman–Crippen MR) is 123 cm³/mol. The van der Waals surface area contributed by atoms with Crippen LogP contribution in [-0.2, 0) is 28.7 Å². The molecule has 6 nitrogen and oxygen atoms in total. The van der Waals surface area contributed by atoms with Crippen molar-refractivity contribution in [3.63, 3.8) is 0 Å². The summed E-state index contributed by atoms with van der Waals surface area (Å²) in [7, 11) is 1.46. The number of ether oxygens (including phenoxy) is 1. The van der Waals surface area contributed by atoms with Crippen LogP contribution < -0.4 is 0 Å². The van der Waals surface area contributed by atoms with E-state index in [4.69, 9.17) is 9.15 Å². The number of carbonyl (C=O) groups is 2. The summed E-state index contributed by atoms with van der Waals surface area (Å²) in [6.45, 7) is 0.650. The number of nitrogens with zero attached hydrogens (tertiary/aromatic N) is 2. The first-order valence-corrected chi connectivity index (χ1v) is 11.1. The lowest BCUT2D eigenvalue weighted by atomic mass is 10.1. The Hall–Kier alpha value is -3.59. The van der Waals surface area contributed by atoms with Crippen molar-refractivity contribution in [2.24, 2.45) is 0 Å². The van der Waals surface area contributed by atoms with Gasteiger partial charge in [-0.25, -0.2) is 0 Å². The molecule has 0 aliphatic carbocycles. The zero-order valence-corrected chi connectivity index (χ0v) is 19.3. The van der Waals surface area contributed by atoms with Gasteiger partial charge in [-0.15, -0.1) is 0 Å². The van der Waals surface area contributed by atoms with Crippen molar-refractivity contribution in [3.8, 4) is 0 Å². The number of amides is 2. The monoisotopic (exact) mass is 488 g/mol. The Labute approximate surface area is 201 Å². The molecule has 1 heterocycles. The molecule has 9 heteroatoms. The lowest BCUT2D eigenvalue weighted by Gasteiger charge is -2.27. The molecule has 0 N–H and O–H groups in total. The Balaban J connectivity index is 1.75. The van der Waals surface area contributed by atoms with Crippen LogP contribution in [0.2, 0.25) is 0 Å². The summed E-state index contributed by atoms with van der Waals surface area (Å²) in [4.78, 5) is 29.2. The smallest absolute Gasteiger partial charge is 0.416 e. The summed E-state index contributed by atoms with van der Waals surface area (Å²) >= 11 is 0. The standard InChI is InChI=1S/C26H27F3N2O4/c1-34-17-15-31(25(33)21-9-11-22(12-10-21)26(27,28)29)19-24(32)30(18-23-8-5-16-35-23)14-13-20-6-3-2-4-7-20/h2-12,16H,13-15,17-19H2,1H3. The topological polar surface area (TPSA) is 63.0 Å². The van der Waals surface area contributed by atoms with Crippen molar-refractivity contribution >= 4 is 11.8 Å². The molecule has 3 rings (SSSR count). The van der Waals surface area contributed by atoms with Crippen LogP contribution >= 0.6 is 0 Å². The third-order valence-corrected chi connectivity index (χ3v) is 5.43. The van der Waals surface area contributed by atoms with Gasteiger partial charge in [0.1, 0.15) is 12.3 Å². The van der Waals surface area contributed by atoms with Crippen LogP contribution in [0.25, 0.3) is 0 Å². The quantitative estimate of drug-likeness (QED) is 0.394. The van der Waals surface area contributed by atoms with Crippen LogP contribution in [0.1, 0.15) is 27.2 Å². The highest BCUT2D eigenvalue weighted by Crippen LogP contribution is 2.29. The van der Waals surface area contributed by atoms with Crippen LogP contribution in [0.3, 0.4) is 0 Å². The molecule has 35 heavy (non-hydrogen) atoms. The Morgan fingerprint density at radius 3 is 2.23 bits per heavy atom. The Morgan fingerprint density at radius 2 is 1.63 bits per heavy atom. The minimum Gasteiger partial charge on any atom is -0.467 e. The number of furan rings is 1. The van der Waals surface area contributed by atoms with Gasteiger partial charge in [-0.3, -0.25) is 9.59 Å². The highest BCUT2D eigenvalue weighted by molar-refractivity contribution is 5.96. The molecule has 2 aromatic carbocycles. The molecule has 2 amide bonds. The average Bonchev–Trinajstić information content (AvgIpc) is 3.37. The van der Waals surface area contributed by atoms with E-state index in [-0.39, 0.29) is 37.7 Å². The number of alkyl halides is 3. The highest BCUT2D eigenvalue weighted by Gasteiger charge is 2.31. The van der Waals surface area contributed by atoms with Gasteiger partial charge in [-0.1, -0.05) is 30.3 Å². The zero-order valence-electron chi connectivity index (χ0n) is 19.3. The van der Waals surface area contributed by atoms with Gasteiger partial charge in [0.05, 0.1) is 25.0 Å². The molecule has 0 aliphatic rings. The molecule has 0 radical (unpaired) electrons. The molecule has 0 aliphatic heterocycles. The van der Waals surface area contributed by atoms with Gasteiger partial charge in [-0.2, -0.15) is 13.2 Å². The molecule has 0 spiro atoms. The lowest BCUT2D eigenvalue weighted by Crippen LogP contribution is -2.44. The van der Waals surface area contributed by atoms with Crippen LogP contribution in [-0.4, -0.2) is 55.0 Å². The van der Waals surface area contributed by atoms with Crippen LogP contribution in [0, 0.1) is 0 Å². The van der Waals surface area contributed by atoms with E-state index in [1.54, 1.807) is 17.0 Å². The second-order valence-corrected chi connectivity index (χ2v) is 7.92. The molecule has 0 saturated carbocycles. The van der Waals surface area contributed by atoms with Gasteiger partial charge >= 0.3 is 6.18 Å². The van der Waals surface area contributed by atoms with Gasteiger partial charge in [-0.05, 0) is 48.4 Å². The van der Waals surface area contributed by atoms with Crippen LogP contribution in [0.4, 0.5) is 13.2 Å². The summed E-state index contributed by atoms with van der Waals surface area (Å²) in [5.74, 6) is -0.261. The number of carbonyl (C=O) groups excluding carboxylic acids is 2. The predicted octanol–water partition coefficient (Wildman–Crippen LogP) is 4.66. The van der Waals surface area contributed by atoms with E-state index in [1.807, 2.05) is 30.3 Å². The van der Waals surface area contributed by atoms with Gasteiger partial charge < -0.3 is 19.0 Å². The van der Waals surface area contributed by atoms with Crippen molar-refractivity contribution < 1.29 is 31.9 Å². The molecular formula is C26H27F3N2O4. The van der Waals surface area contributed by atoms with E-state index in [0.29, 0.717) is 18.7 Å². The minimum absolute atomic E-state index is 0.0590. The van der Waals surface area contributed by atoms with Crippen LogP contribution in [0.15, 0.2) is 77.4 Å². The Morgan fingerprint density at radius 1 is 0.914 bits per heavy atom. The second-order valence-electron chi connectivity index (χ2n) is 7.92. The largest absolute Gasteiger partial charge is 0.467 e. The third-order valence-electron chi connectivity index (χ3n) is 5.43. The highest BCUT2D eigenvalue weighted by atomic mass is 19.4. The fraction of sp³-hybridized carbons (Fsp3) is 0.308. The first kappa shape index (κ1) is 26.0. The summed E-state index contributed by atoms with van der Waals surface area (Å²) < 4.78 is 49.1. The summed E-state index contributed by atoms with van der Waals surface area (Å²) in [5.41, 5.74) is 0.268. The van der Waals surface area contributed by atoms with Gasteiger partial charge in [0.15, 0.2) is 0 Å². The summed E-state index contributed by atoms with van der Waals surface area (Å²) in [6.07, 6.45) is -2.37. The molecule has 3 aromatic rings. The first-order valence-electron chi connectivity index (χ1n) is 11.1. The average molecular weight is 489 g/mol. The number of methoxy groups -OCH3 is 1. The van der Waals surface area contributed by atoms with Gasteiger partial charge in [0.25, 0.3) is 5.91 Å².